The van der Waals surface area contributed by atoms with Crippen molar-refractivity contribution in [2.24, 2.45) is 0 Å². The molecule has 0 radical (unpaired) electrons. The van der Waals surface area contributed by atoms with Crippen molar-refractivity contribution < 1.29 is 14.8 Å². The first kappa shape index (κ1) is 12.0. The molecule has 0 bridgehead atoms. The topological polar surface area (TPSA) is 92.5 Å². The summed E-state index contributed by atoms with van der Waals surface area (Å²) in [7, 11) is 0. The van der Waals surface area contributed by atoms with E-state index in [4.69, 9.17) is 5.11 Å². The second kappa shape index (κ2) is 5.11. The van der Waals surface area contributed by atoms with E-state index in [1.807, 2.05) is 0 Å². The standard InChI is InChI=1S/C10H12N2O4/c1-7-8(5-6-11-10(13)14)3-2-4-9(7)12(15)16/h2-4,11H,5-6H2,1H3,(H,13,14). The predicted octanol–water partition coefficient (Wildman–Crippen LogP) is 1.71. The van der Waals surface area contributed by atoms with Crippen molar-refractivity contribution in [2.45, 2.75) is 13.3 Å². The summed E-state index contributed by atoms with van der Waals surface area (Å²) in [6.07, 6.45) is -0.650. The summed E-state index contributed by atoms with van der Waals surface area (Å²) in [5, 5.41) is 21.3. The summed E-state index contributed by atoms with van der Waals surface area (Å²) in [6, 6.07) is 4.79. The van der Waals surface area contributed by atoms with Gasteiger partial charge in [0.05, 0.1) is 4.92 Å². The third-order valence-electron chi connectivity index (χ3n) is 2.28. The molecule has 0 atom stereocenters. The first-order valence-corrected chi connectivity index (χ1v) is 4.72. The molecule has 16 heavy (non-hydrogen) atoms. The molecule has 1 amide bonds. The van der Waals surface area contributed by atoms with E-state index >= 15 is 0 Å². The Kier molecular flexibility index (Phi) is 3.82. The first-order valence-electron chi connectivity index (χ1n) is 4.72. The minimum atomic E-state index is -1.09. The van der Waals surface area contributed by atoms with Crippen LogP contribution in [0.4, 0.5) is 10.5 Å². The van der Waals surface area contributed by atoms with E-state index < -0.39 is 11.0 Å². The van der Waals surface area contributed by atoms with Gasteiger partial charge in [-0.3, -0.25) is 10.1 Å². The fraction of sp³-hybridized carbons (Fsp3) is 0.300. The molecule has 0 aliphatic carbocycles. The van der Waals surface area contributed by atoms with E-state index in [-0.39, 0.29) is 12.2 Å². The van der Waals surface area contributed by atoms with Crippen molar-refractivity contribution in [1.82, 2.24) is 5.32 Å². The zero-order chi connectivity index (χ0) is 12.1. The molecule has 0 saturated carbocycles. The van der Waals surface area contributed by atoms with E-state index in [1.54, 1.807) is 19.1 Å². The summed E-state index contributed by atoms with van der Waals surface area (Å²) in [5.74, 6) is 0. The molecule has 2 N–H and O–H groups in total. The Morgan fingerprint density at radius 1 is 1.56 bits per heavy atom. The number of carbonyl (C=O) groups is 1. The van der Waals surface area contributed by atoms with Crippen LogP contribution in [-0.2, 0) is 6.42 Å². The quantitative estimate of drug-likeness (QED) is 0.601. The van der Waals surface area contributed by atoms with E-state index in [0.717, 1.165) is 5.56 Å². The Morgan fingerprint density at radius 2 is 2.25 bits per heavy atom. The molecule has 6 heteroatoms. The third kappa shape index (κ3) is 2.94. The molecule has 0 aliphatic heterocycles. The Labute approximate surface area is 92.0 Å². The predicted molar refractivity (Wildman–Crippen MR) is 57.6 cm³/mol. The number of rotatable bonds is 4. The van der Waals surface area contributed by atoms with Crippen LogP contribution in [0, 0.1) is 17.0 Å². The maximum absolute atomic E-state index is 10.7. The fourth-order valence-electron chi connectivity index (χ4n) is 1.44. The molecule has 1 aromatic carbocycles. The van der Waals surface area contributed by atoms with E-state index in [1.165, 1.54) is 6.07 Å². The van der Waals surface area contributed by atoms with Gasteiger partial charge in [0, 0.05) is 18.2 Å². The van der Waals surface area contributed by atoms with Gasteiger partial charge >= 0.3 is 6.09 Å². The van der Waals surface area contributed by atoms with Gasteiger partial charge in [0.1, 0.15) is 0 Å². The molecule has 0 saturated heterocycles. The van der Waals surface area contributed by atoms with Gasteiger partial charge in [-0.05, 0) is 18.9 Å². The molecule has 0 aliphatic rings. The molecule has 0 aromatic heterocycles. The molecule has 1 aromatic rings. The number of amides is 1. The lowest BCUT2D eigenvalue weighted by Gasteiger charge is -2.05. The Bertz CT molecular complexity index is 417. The number of nitro benzene ring substituents is 1. The molecule has 0 heterocycles. The van der Waals surface area contributed by atoms with Crippen molar-refractivity contribution in [3.05, 3.63) is 39.4 Å². The lowest BCUT2D eigenvalue weighted by molar-refractivity contribution is -0.385. The highest BCUT2D eigenvalue weighted by molar-refractivity contribution is 5.64. The van der Waals surface area contributed by atoms with Gasteiger partial charge in [0.25, 0.3) is 5.69 Å². The van der Waals surface area contributed by atoms with Crippen LogP contribution in [-0.4, -0.2) is 22.7 Å². The zero-order valence-electron chi connectivity index (χ0n) is 8.77. The summed E-state index contributed by atoms with van der Waals surface area (Å²) >= 11 is 0. The molecular weight excluding hydrogens is 212 g/mol. The van der Waals surface area contributed by atoms with Crippen molar-refractivity contribution in [3.8, 4) is 0 Å². The van der Waals surface area contributed by atoms with Gasteiger partial charge in [-0.25, -0.2) is 4.79 Å². The Morgan fingerprint density at radius 3 is 2.81 bits per heavy atom. The average Bonchev–Trinajstić information content (AvgIpc) is 2.19. The number of hydrogen-bond donors (Lipinski definition) is 2. The van der Waals surface area contributed by atoms with E-state index in [2.05, 4.69) is 5.32 Å². The van der Waals surface area contributed by atoms with Gasteiger partial charge in [0.2, 0.25) is 0 Å². The number of hydrogen-bond acceptors (Lipinski definition) is 3. The van der Waals surface area contributed by atoms with E-state index in [0.29, 0.717) is 12.0 Å². The maximum atomic E-state index is 10.7. The molecule has 86 valence electrons. The largest absolute Gasteiger partial charge is 0.465 e. The second-order valence-corrected chi connectivity index (χ2v) is 3.30. The van der Waals surface area contributed by atoms with Crippen molar-refractivity contribution in [1.29, 1.82) is 0 Å². The lowest BCUT2D eigenvalue weighted by Crippen LogP contribution is -2.23. The van der Waals surface area contributed by atoms with Gasteiger partial charge < -0.3 is 10.4 Å². The van der Waals surface area contributed by atoms with Crippen LogP contribution in [0.2, 0.25) is 0 Å². The molecule has 0 fully saturated rings. The summed E-state index contributed by atoms with van der Waals surface area (Å²) < 4.78 is 0. The normalized spacial score (nSPS) is 9.81. The Hall–Kier alpha value is -2.11. The van der Waals surface area contributed by atoms with Gasteiger partial charge in [-0.2, -0.15) is 0 Å². The first-order chi connectivity index (χ1) is 7.52. The van der Waals surface area contributed by atoms with Gasteiger partial charge in [-0.15, -0.1) is 0 Å². The van der Waals surface area contributed by atoms with Crippen LogP contribution in [0.15, 0.2) is 18.2 Å². The monoisotopic (exact) mass is 224 g/mol. The van der Waals surface area contributed by atoms with Gasteiger partial charge in [0.15, 0.2) is 0 Å². The van der Waals surface area contributed by atoms with Crippen molar-refractivity contribution in [3.63, 3.8) is 0 Å². The summed E-state index contributed by atoms with van der Waals surface area (Å²) in [6.45, 7) is 1.91. The minimum Gasteiger partial charge on any atom is -0.465 e. The lowest BCUT2D eigenvalue weighted by atomic mass is 10.0. The van der Waals surface area contributed by atoms with Crippen LogP contribution in [0.3, 0.4) is 0 Å². The summed E-state index contributed by atoms with van der Waals surface area (Å²) in [5.41, 5.74) is 1.43. The number of nitrogens with one attached hydrogen (secondary N) is 1. The molecule has 1 rings (SSSR count). The zero-order valence-corrected chi connectivity index (χ0v) is 8.77. The van der Waals surface area contributed by atoms with E-state index in [9.17, 15) is 14.9 Å². The van der Waals surface area contributed by atoms with Crippen LogP contribution >= 0.6 is 0 Å². The van der Waals surface area contributed by atoms with Crippen molar-refractivity contribution >= 4 is 11.8 Å². The smallest absolute Gasteiger partial charge is 0.404 e. The molecular formula is C10H12N2O4. The molecule has 0 unspecified atom stereocenters. The second-order valence-electron chi connectivity index (χ2n) is 3.30. The van der Waals surface area contributed by atoms with Crippen molar-refractivity contribution in [2.75, 3.05) is 6.54 Å². The highest BCUT2D eigenvalue weighted by Gasteiger charge is 2.12. The maximum Gasteiger partial charge on any atom is 0.404 e. The number of carboxylic acid groups (broad SMARTS) is 1. The average molecular weight is 224 g/mol. The number of benzene rings is 1. The van der Waals surface area contributed by atoms with Crippen LogP contribution in [0.1, 0.15) is 11.1 Å². The van der Waals surface area contributed by atoms with Crippen LogP contribution in [0.5, 0.6) is 0 Å². The number of nitrogens with zero attached hydrogens (tertiary/aromatic N) is 1. The highest BCUT2D eigenvalue weighted by Crippen LogP contribution is 2.21. The van der Waals surface area contributed by atoms with Crippen LogP contribution < -0.4 is 5.32 Å². The molecule has 0 spiro atoms. The third-order valence-corrected chi connectivity index (χ3v) is 2.28. The minimum absolute atomic E-state index is 0.0628. The SMILES string of the molecule is Cc1c(CCNC(=O)O)cccc1[N+](=O)[O-]. The van der Waals surface area contributed by atoms with Crippen LogP contribution in [0.25, 0.3) is 0 Å². The van der Waals surface area contributed by atoms with Gasteiger partial charge in [-0.1, -0.05) is 12.1 Å². The summed E-state index contributed by atoms with van der Waals surface area (Å²) in [4.78, 5) is 20.4. The molecule has 6 nitrogen and oxygen atoms in total. The fourth-order valence-corrected chi connectivity index (χ4v) is 1.44. The Balaban J connectivity index is 2.77. The number of nitro groups is 1. The highest BCUT2D eigenvalue weighted by atomic mass is 16.6.